The van der Waals surface area contributed by atoms with Gasteiger partial charge in [0.2, 0.25) is 0 Å². The summed E-state index contributed by atoms with van der Waals surface area (Å²) in [4.78, 5) is 24.5. The van der Waals surface area contributed by atoms with Crippen LogP contribution in [0.25, 0.3) is 0 Å². The summed E-state index contributed by atoms with van der Waals surface area (Å²) in [7, 11) is 1.40. The summed E-state index contributed by atoms with van der Waals surface area (Å²) in [6.45, 7) is 6.48. The third kappa shape index (κ3) is 4.70. The van der Waals surface area contributed by atoms with Crippen molar-refractivity contribution < 1.29 is 24.2 Å². The van der Waals surface area contributed by atoms with Crippen molar-refractivity contribution in [1.82, 2.24) is 4.90 Å². The van der Waals surface area contributed by atoms with Crippen molar-refractivity contribution in [3.8, 4) is 0 Å². The van der Waals surface area contributed by atoms with Gasteiger partial charge in [0.1, 0.15) is 5.60 Å². The maximum Gasteiger partial charge on any atom is 0.410 e. The van der Waals surface area contributed by atoms with E-state index in [0.29, 0.717) is 25.9 Å². The highest BCUT2D eigenvalue weighted by Gasteiger charge is 2.33. The number of methoxy groups -OCH3 is 1. The first kappa shape index (κ1) is 15.8. The number of carboxylic acids is 1. The number of piperidine rings is 1. The Morgan fingerprint density at radius 2 is 1.79 bits per heavy atom. The molecule has 1 aliphatic rings. The highest BCUT2D eigenvalue weighted by Crippen LogP contribution is 2.24. The van der Waals surface area contributed by atoms with E-state index in [4.69, 9.17) is 14.6 Å². The van der Waals surface area contributed by atoms with Gasteiger partial charge in [0.05, 0.1) is 0 Å². The monoisotopic (exact) mass is 273 g/mol. The molecule has 19 heavy (non-hydrogen) atoms. The number of carboxylic acid groups (broad SMARTS) is 1. The van der Waals surface area contributed by atoms with E-state index in [1.54, 1.807) is 4.90 Å². The van der Waals surface area contributed by atoms with Crippen LogP contribution in [0.15, 0.2) is 0 Å². The maximum absolute atomic E-state index is 11.8. The standard InChI is InChI=1S/C13H23NO5/c1-13(2,3)19-12(17)14-7-5-9(6-8-14)10(18-4)11(15)16/h9-10H,5-8H2,1-4H3,(H,15,16). The molecular formula is C13H23NO5. The lowest BCUT2D eigenvalue weighted by Crippen LogP contribution is -2.45. The van der Waals surface area contributed by atoms with E-state index >= 15 is 0 Å². The number of amides is 1. The maximum atomic E-state index is 11.8. The summed E-state index contributed by atoms with van der Waals surface area (Å²) in [5, 5.41) is 9.02. The van der Waals surface area contributed by atoms with Crippen LogP contribution in [0.5, 0.6) is 0 Å². The Balaban J connectivity index is 2.49. The van der Waals surface area contributed by atoms with Crippen LogP contribution < -0.4 is 0 Å². The Labute approximate surface area is 113 Å². The zero-order chi connectivity index (χ0) is 14.6. The number of nitrogens with zero attached hydrogens (tertiary/aromatic N) is 1. The minimum atomic E-state index is -0.946. The molecule has 1 amide bonds. The van der Waals surface area contributed by atoms with Gasteiger partial charge in [-0.2, -0.15) is 0 Å². The number of carbonyl (C=O) groups is 2. The molecule has 0 aromatic rings. The average molecular weight is 273 g/mol. The minimum absolute atomic E-state index is 0.0545. The van der Waals surface area contributed by atoms with Crippen molar-refractivity contribution in [1.29, 1.82) is 0 Å². The Hall–Kier alpha value is -1.30. The molecule has 1 aliphatic heterocycles. The van der Waals surface area contributed by atoms with Crippen LogP contribution in [0.1, 0.15) is 33.6 Å². The van der Waals surface area contributed by atoms with E-state index in [0.717, 1.165) is 0 Å². The summed E-state index contributed by atoms with van der Waals surface area (Å²) in [5.41, 5.74) is -0.510. The second kappa shape index (κ2) is 6.23. The lowest BCUT2D eigenvalue weighted by atomic mass is 9.91. The first-order valence-electron chi connectivity index (χ1n) is 6.48. The molecule has 0 radical (unpaired) electrons. The molecule has 6 nitrogen and oxygen atoms in total. The van der Waals surface area contributed by atoms with Gasteiger partial charge in [-0.15, -0.1) is 0 Å². The fraction of sp³-hybridized carbons (Fsp3) is 0.846. The van der Waals surface area contributed by atoms with Crippen LogP contribution in [-0.4, -0.2) is 54.0 Å². The van der Waals surface area contributed by atoms with E-state index in [9.17, 15) is 9.59 Å². The van der Waals surface area contributed by atoms with Gasteiger partial charge in [-0.25, -0.2) is 9.59 Å². The van der Waals surface area contributed by atoms with Crippen molar-refractivity contribution in [3.05, 3.63) is 0 Å². The minimum Gasteiger partial charge on any atom is -0.479 e. The zero-order valence-electron chi connectivity index (χ0n) is 12.0. The number of ether oxygens (including phenoxy) is 2. The third-order valence-corrected chi connectivity index (χ3v) is 3.12. The van der Waals surface area contributed by atoms with E-state index in [1.165, 1.54) is 7.11 Å². The molecule has 1 N–H and O–H groups in total. The summed E-state index contributed by atoms with van der Waals surface area (Å²) >= 11 is 0. The number of likely N-dealkylation sites (tertiary alicyclic amines) is 1. The summed E-state index contributed by atoms with van der Waals surface area (Å²) in [6.07, 6.45) is 0.102. The lowest BCUT2D eigenvalue weighted by Gasteiger charge is -2.34. The van der Waals surface area contributed by atoms with Crippen LogP contribution >= 0.6 is 0 Å². The normalized spacial score (nSPS) is 19.1. The molecule has 0 saturated carbocycles. The highest BCUT2D eigenvalue weighted by molar-refractivity contribution is 5.73. The van der Waals surface area contributed by atoms with Crippen LogP contribution in [-0.2, 0) is 14.3 Å². The molecule has 1 atom stereocenters. The fourth-order valence-electron chi connectivity index (χ4n) is 2.21. The van der Waals surface area contributed by atoms with Crippen LogP contribution in [0, 0.1) is 5.92 Å². The van der Waals surface area contributed by atoms with Crippen molar-refractivity contribution >= 4 is 12.1 Å². The van der Waals surface area contributed by atoms with Gasteiger partial charge in [-0.3, -0.25) is 0 Å². The Morgan fingerprint density at radius 3 is 2.16 bits per heavy atom. The number of carbonyl (C=O) groups excluding carboxylic acids is 1. The van der Waals surface area contributed by atoms with Crippen LogP contribution in [0.3, 0.4) is 0 Å². The second-order valence-electron chi connectivity index (χ2n) is 5.80. The quantitative estimate of drug-likeness (QED) is 0.847. The van der Waals surface area contributed by atoms with Crippen molar-refractivity contribution in [2.75, 3.05) is 20.2 Å². The van der Waals surface area contributed by atoms with E-state index < -0.39 is 17.7 Å². The number of hydrogen-bond donors (Lipinski definition) is 1. The Morgan fingerprint density at radius 1 is 1.26 bits per heavy atom. The Kier molecular flexibility index (Phi) is 5.17. The zero-order valence-corrected chi connectivity index (χ0v) is 12.0. The Bertz CT molecular complexity index is 328. The van der Waals surface area contributed by atoms with Gasteiger partial charge in [0.15, 0.2) is 6.10 Å². The molecule has 0 aromatic carbocycles. The summed E-state index contributed by atoms with van der Waals surface area (Å²) in [6, 6.07) is 0. The molecule has 1 heterocycles. The third-order valence-electron chi connectivity index (χ3n) is 3.12. The molecule has 0 aromatic heterocycles. The fourth-order valence-corrected chi connectivity index (χ4v) is 2.21. The van der Waals surface area contributed by atoms with Gasteiger partial charge in [-0.05, 0) is 39.5 Å². The first-order chi connectivity index (χ1) is 8.74. The molecule has 1 unspecified atom stereocenters. The largest absolute Gasteiger partial charge is 0.479 e. The predicted molar refractivity (Wildman–Crippen MR) is 69.0 cm³/mol. The van der Waals surface area contributed by atoms with Gasteiger partial charge in [-0.1, -0.05) is 0 Å². The summed E-state index contributed by atoms with van der Waals surface area (Å²) < 4.78 is 10.3. The van der Waals surface area contributed by atoms with Gasteiger partial charge >= 0.3 is 12.1 Å². The smallest absolute Gasteiger partial charge is 0.410 e. The first-order valence-corrected chi connectivity index (χ1v) is 6.48. The molecule has 0 spiro atoms. The molecule has 0 aliphatic carbocycles. The molecule has 1 saturated heterocycles. The molecule has 110 valence electrons. The molecule has 1 fully saturated rings. The molecule has 6 heteroatoms. The summed E-state index contributed by atoms with van der Waals surface area (Å²) in [5.74, 6) is -1.00. The van der Waals surface area contributed by atoms with Crippen molar-refractivity contribution in [2.45, 2.75) is 45.3 Å². The van der Waals surface area contributed by atoms with Gasteiger partial charge in [0.25, 0.3) is 0 Å². The average Bonchev–Trinajstić information content (AvgIpc) is 2.28. The van der Waals surface area contributed by atoms with Gasteiger partial charge in [0, 0.05) is 20.2 Å². The second-order valence-corrected chi connectivity index (χ2v) is 5.80. The van der Waals surface area contributed by atoms with Crippen LogP contribution in [0.2, 0.25) is 0 Å². The van der Waals surface area contributed by atoms with E-state index in [-0.39, 0.29) is 12.0 Å². The molecular weight excluding hydrogens is 250 g/mol. The topological polar surface area (TPSA) is 76.1 Å². The van der Waals surface area contributed by atoms with E-state index in [2.05, 4.69) is 0 Å². The molecule has 1 rings (SSSR count). The number of hydrogen-bond acceptors (Lipinski definition) is 4. The number of rotatable bonds is 3. The van der Waals surface area contributed by atoms with Crippen LogP contribution in [0.4, 0.5) is 4.79 Å². The van der Waals surface area contributed by atoms with Crippen molar-refractivity contribution in [3.63, 3.8) is 0 Å². The van der Waals surface area contributed by atoms with Gasteiger partial charge < -0.3 is 19.5 Å². The number of aliphatic carboxylic acids is 1. The highest BCUT2D eigenvalue weighted by atomic mass is 16.6. The SMILES string of the molecule is COC(C(=O)O)C1CCN(C(=O)OC(C)(C)C)CC1. The lowest BCUT2D eigenvalue weighted by molar-refractivity contribution is -0.153. The predicted octanol–water partition coefficient (Wildman–Crippen LogP) is 1.73. The van der Waals surface area contributed by atoms with Crippen molar-refractivity contribution in [2.24, 2.45) is 5.92 Å². The van der Waals surface area contributed by atoms with E-state index in [1.807, 2.05) is 20.8 Å². The molecule has 0 bridgehead atoms.